The van der Waals surface area contributed by atoms with Crippen LogP contribution in [0.1, 0.15) is 53.9 Å². The average Bonchev–Trinajstić information content (AvgIpc) is 2.25. The van der Waals surface area contributed by atoms with Gasteiger partial charge in [-0.1, -0.05) is 41.0 Å². The summed E-state index contributed by atoms with van der Waals surface area (Å²) < 4.78 is 12.4. The molecule has 2 heterocycles. The molecule has 2 aliphatic rings. The number of unbranched alkanes of at least 4 members (excludes halogenated alkanes) is 1. The van der Waals surface area contributed by atoms with Crippen molar-refractivity contribution in [1.82, 2.24) is 4.90 Å². The van der Waals surface area contributed by atoms with Crippen molar-refractivity contribution in [2.75, 3.05) is 26.3 Å². The smallest absolute Gasteiger partial charge is 0.230 e. The molecule has 2 aliphatic heterocycles. The number of ether oxygens (including phenoxy) is 2. The Kier molecular flexibility index (Phi) is 3.79. The number of hydrogen-bond acceptors (Lipinski definition) is 3. The van der Waals surface area contributed by atoms with Gasteiger partial charge in [0.2, 0.25) is 5.91 Å². The SMILES string of the molecule is CCCCC12OCC(C)(C)CN1CC(C)(C)CO2. The molecule has 0 aromatic rings. The molecule has 0 aromatic heterocycles. The summed E-state index contributed by atoms with van der Waals surface area (Å²) in [4.78, 5) is 2.44. The second kappa shape index (κ2) is 4.77. The van der Waals surface area contributed by atoms with E-state index in [0.717, 1.165) is 39.1 Å². The van der Waals surface area contributed by atoms with Gasteiger partial charge in [-0.2, -0.15) is 0 Å². The lowest BCUT2D eigenvalue weighted by atomic mass is 9.86. The zero-order chi connectivity index (χ0) is 13.4. The van der Waals surface area contributed by atoms with Crippen LogP contribution in [-0.2, 0) is 9.47 Å². The number of fused-ring (bicyclic) bond motifs is 1. The Morgan fingerprint density at radius 1 is 0.944 bits per heavy atom. The second-order valence-electron chi connectivity index (χ2n) is 7.58. The first-order valence-corrected chi connectivity index (χ1v) is 7.32. The summed E-state index contributed by atoms with van der Waals surface area (Å²) in [6.45, 7) is 15.1. The van der Waals surface area contributed by atoms with Crippen LogP contribution in [-0.4, -0.2) is 37.1 Å². The van der Waals surface area contributed by atoms with Crippen LogP contribution in [0.3, 0.4) is 0 Å². The van der Waals surface area contributed by atoms with E-state index in [1.54, 1.807) is 0 Å². The van der Waals surface area contributed by atoms with Crippen LogP contribution in [0.15, 0.2) is 0 Å². The Morgan fingerprint density at radius 2 is 1.44 bits per heavy atom. The van der Waals surface area contributed by atoms with Gasteiger partial charge in [-0.15, -0.1) is 0 Å². The standard InChI is InChI=1S/C15H29NO2/c1-6-7-8-15-16(9-13(2,3)11-17-15)10-14(4,5)12-18-15/h6-12H2,1-5H3. The van der Waals surface area contributed by atoms with Gasteiger partial charge in [-0.25, -0.2) is 0 Å². The minimum absolute atomic E-state index is 0.229. The lowest BCUT2D eigenvalue weighted by Crippen LogP contribution is -2.66. The zero-order valence-corrected chi connectivity index (χ0v) is 12.7. The largest absolute Gasteiger partial charge is 0.337 e. The normalized spacial score (nSPS) is 29.8. The molecule has 2 saturated heterocycles. The predicted octanol–water partition coefficient (Wildman–Crippen LogP) is 3.25. The van der Waals surface area contributed by atoms with E-state index in [0.29, 0.717) is 0 Å². The van der Waals surface area contributed by atoms with Gasteiger partial charge in [0.05, 0.1) is 13.2 Å². The number of hydrogen-bond donors (Lipinski definition) is 0. The molecular formula is C15H29NO2. The molecule has 18 heavy (non-hydrogen) atoms. The Morgan fingerprint density at radius 3 is 1.89 bits per heavy atom. The highest BCUT2D eigenvalue weighted by atomic mass is 16.7. The van der Waals surface area contributed by atoms with E-state index < -0.39 is 5.91 Å². The lowest BCUT2D eigenvalue weighted by Gasteiger charge is -2.56. The molecule has 2 rings (SSSR count). The van der Waals surface area contributed by atoms with Crippen LogP contribution in [0, 0.1) is 10.8 Å². The van der Waals surface area contributed by atoms with Gasteiger partial charge in [0.25, 0.3) is 0 Å². The van der Waals surface area contributed by atoms with Crippen LogP contribution in [0.2, 0.25) is 0 Å². The molecule has 0 bridgehead atoms. The summed E-state index contributed by atoms with van der Waals surface area (Å²) in [5.74, 6) is -0.430. The summed E-state index contributed by atoms with van der Waals surface area (Å²) in [6, 6.07) is 0. The maximum Gasteiger partial charge on any atom is 0.230 e. The van der Waals surface area contributed by atoms with Crippen molar-refractivity contribution in [2.24, 2.45) is 10.8 Å². The van der Waals surface area contributed by atoms with Gasteiger partial charge >= 0.3 is 0 Å². The van der Waals surface area contributed by atoms with E-state index in [1.807, 2.05) is 0 Å². The third-order valence-electron chi connectivity index (χ3n) is 3.94. The third kappa shape index (κ3) is 2.89. The summed E-state index contributed by atoms with van der Waals surface area (Å²) in [7, 11) is 0. The fourth-order valence-corrected chi connectivity index (χ4v) is 2.96. The first-order chi connectivity index (χ1) is 8.29. The molecule has 3 nitrogen and oxygen atoms in total. The van der Waals surface area contributed by atoms with Crippen LogP contribution >= 0.6 is 0 Å². The fraction of sp³-hybridized carbons (Fsp3) is 1.00. The maximum atomic E-state index is 6.18. The molecule has 0 aromatic carbocycles. The van der Waals surface area contributed by atoms with Crippen LogP contribution < -0.4 is 0 Å². The monoisotopic (exact) mass is 255 g/mol. The molecule has 0 spiro atoms. The van der Waals surface area contributed by atoms with Crippen molar-refractivity contribution >= 4 is 0 Å². The van der Waals surface area contributed by atoms with Crippen molar-refractivity contribution in [1.29, 1.82) is 0 Å². The van der Waals surface area contributed by atoms with Gasteiger partial charge in [0, 0.05) is 30.3 Å². The quantitative estimate of drug-likeness (QED) is 0.772. The summed E-state index contributed by atoms with van der Waals surface area (Å²) in [5, 5.41) is 0. The Bertz CT molecular complexity index is 277. The molecule has 2 fully saturated rings. The van der Waals surface area contributed by atoms with Gasteiger partial charge < -0.3 is 9.47 Å². The molecule has 0 unspecified atom stereocenters. The topological polar surface area (TPSA) is 21.7 Å². The van der Waals surface area contributed by atoms with E-state index in [4.69, 9.17) is 9.47 Å². The van der Waals surface area contributed by atoms with Crippen molar-refractivity contribution in [3.63, 3.8) is 0 Å². The minimum atomic E-state index is -0.430. The third-order valence-corrected chi connectivity index (χ3v) is 3.94. The Labute approximate surface area is 112 Å². The highest BCUT2D eigenvalue weighted by molar-refractivity contribution is 4.92. The van der Waals surface area contributed by atoms with Gasteiger partial charge in [-0.3, -0.25) is 4.90 Å². The van der Waals surface area contributed by atoms with Crippen molar-refractivity contribution < 1.29 is 9.47 Å². The zero-order valence-electron chi connectivity index (χ0n) is 12.7. The minimum Gasteiger partial charge on any atom is -0.337 e. The van der Waals surface area contributed by atoms with Gasteiger partial charge in [0.15, 0.2) is 0 Å². The first kappa shape index (κ1) is 14.3. The van der Waals surface area contributed by atoms with Crippen molar-refractivity contribution in [3.05, 3.63) is 0 Å². The number of nitrogens with zero attached hydrogens (tertiary/aromatic N) is 1. The molecule has 0 aliphatic carbocycles. The molecule has 3 heteroatoms. The van der Waals surface area contributed by atoms with E-state index in [1.165, 1.54) is 6.42 Å². The average molecular weight is 255 g/mol. The molecule has 0 saturated carbocycles. The molecule has 0 N–H and O–H groups in total. The van der Waals surface area contributed by atoms with E-state index in [9.17, 15) is 0 Å². The lowest BCUT2D eigenvalue weighted by molar-refractivity contribution is -0.386. The van der Waals surface area contributed by atoms with Crippen molar-refractivity contribution in [3.8, 4) is 0 Å². The van der Waals surface area contributed by atoms with Crippen LogP contribution in [0.4, 0.5) is 0 Å². The van der Waals surface area contributed by atoms with Gasteiger partial charge in [-0.05, 0) is 6.42 Å². The molecule has 0 radical (unpaired) electrons. The van der Waals surface area contributed by atoms with E-state index in [-0.39, 0.29) is 10.8 Å². The highest BCUT2D eigenvalue weighted by Gasteiger charge is 2.51. The fourth-order valence-electron chi connectivity index (χ4n) is 2.96. The summed E-state index contributed by atoms with van der Waals surface area (Å²) in [5.41, 5.74) is 0.457. The molecule has 106 valence electrons. The first-order valence-electron chi connectivity index (χ1n) is 7.32. The van der Waals surface area contributed by atoms with E-state index >= 15 is 0 Å². The maximum absolute atomic E-state index is 6.18. The van der Waals surface area contributed by atoms with Crippen LogP contribution in [0.5, 0.6) is 0 Å². The van der Waals surface area contributed by atoms with Crippen molar-refractivity contribution in [2.45, 2.75) is 59.8 Å². The van der Waals surface area contributed by atoms with E-state index in [2.05, 4.69) is 39.5 Å². The van der Waals surface area contributed by atoms with Crippen LogP contribution in [0.25, 0.3) is 0 Å². The predicted molar refractivity (Wildman–Crippen MR) is 73.3 cm³/mol. The van der Waals surface area contributed by atoms with Gasteiger partial charge in [0.1, 0.15) is 0 Å². The summed E-state index contributed by atoms with van der Waals surface area (Å²) >= 11 is 0. The molecule has 0 amide bonds. The molecule has 0 atom stereocenters. The highest BCUT2D eigenvalue weighted by Crippen LogP contribution is 2.42. The second-order valence-corrected chi connectivity index (χ2v) is 7.58. The molecular weight excluding hydrogens is 226 g/mol. The Balaban J connectivity index is 2.15. The Hall–Kier alpha value is -0.120. The summed E-state index contributed by atoms with van der Waals surface area (Å²) in [6.07, 6.45) is 3.35. The number of rotatable bonds is 3.